The first-order chi connectivity index (χ1) is 5.54. The molecule has 0 saturated carbocycles. The number of ether oxygens (including phenoxy) is 1. The molecule has 5 nitrogen and oxygen atoms in total. The number of carbonyl (C=O) groups is 1. The molecule has 0 aromatic carbocycles. The molecule has 0 spiro atoms. The second-order valence-corrected chi connectivity index (χ2v) is 2.91. The van der Waals surface area contributed by atoms with E-state index < -0.39 is 16.9 Å². The lowest BCUT2D eigenvalue weighted by Crippen LogP contribution is -2.19. The van der Waals surface area contributed by atoms with Gasteiger partial charge in [-0.15, -0.1) is 0 Å². The van der Waals surface area contributed by atoms with Crippen LogP contribution in [0.15, 0.2) is 12.2 Å². The largest absolute Gasteiger partial charge is 0.461 e. The van der Waals surface area contributed by atoms with Crippen LogP contribution in [0.3, 0.4) is 0 Å². The Morgan fingerprint density at radius 1 is 1.58 bits per heavy atom. The predicted octanol–water partition coefficient (Wildman–Crippen LogP) is -0.778. The highest BCUT2D eigenvalue weighted by Gasteiger charge is 2.01. The van der Waals surface area contributed by atoms with Gasteiger partial charge in [-0.1, -0.05) is 6.58 Å². The van der Waals surface area contributed by atoms with Gasteiger partial charge in [-0.3, -0.25) is 0 Å². The first-order valence-corrected chi connectivity index (χ1v) is 4.42. The standard InChI is InChI=1S/C6H11NO4S/c1-5(2)6(8)11-4-3-7-12(9)10/h12H,1,3-4H2,2H3,(H,7,9,10). The van der Waals surface area contributed by atoms with E-state index in [4.69, 9.17) is 0 Å². The van der Waals surface area contributed by atoms with E-state index in [1.165, 1.54) is 6.92 Å². The summed E-state index contributed by atoms with van der Waals surface area (Å²) in [6.07, 6.45) is 0. The van der Waals surface area contributed by atoms with Gasteiger partial charge in [-0.2, -0.15) is 0 Å². The normalized spacial score (nSPS) is 9.83. The summed E-state index contributed by atoms with van der Waals surface area (Å²) in [5.74, 6) is -0.516. The van der Waals surface area contributed by atoms with Crippen molar-refractivity contribution in [1.29, 1.82) is 0 Å². The second-order valence-electron chi connectivity index (χ2n) is 2.08. The number of esters is 1. The molecule has 0 atom stereocenters. The number of rotatable bonds is 5. The maximum absolute atomic E-state index is 10.7. The molecule has 12 heavy (non-hydrogen) atoms. The molecular formula is C6H11NO4S. The summed E-state index contributed by atoms with van der Waals surface area (Å²) in [6, 6.07) is 0. The van der Waals surface area contributed by atoms with Crippen LogP contribution in [0.25, 0.3) is 0 Å². The lowest BCUT2D eigenvalue weighted by molar-refractivity contribution is -0.138. The number of hydrogen-bond acceptors (Lipinski definition) is 4. The van der Waals surface area contributed by atoms with Crippen LogP contribution in [0.2, 0.25) is 0 Å². The molecule has 0 rings (SSSR count). The Bertz CT molecular complexity index is 238. The fourth-order valence-electron chi connectivity index (χ4n) is 0.404. The molecule has 0 saturated heterocycles. The van der Waals surface area contributed by atoms with E-state index in [-0.39, 0.29) is 13.2 Å². The summed E-state index contributed by atoms with van der Waals surface area (Å²) in [4.78, 5) is 10.7. The fraction of sp³-hybridized carbons (Fsp3) is 0.500. The van der Waals surface area contributed by atoms with Crippen molar-refractivity contribution in [2.24, 2.45) is 0 Å². The van der Waals surface area contributed by atoms with Crippen molar-refractivity contribution < 1.29 is 17.9 Å². The summed E-state index contributed by atoms with van der Waals surface area (Å²) in [7, 11) is -2.61. The van der Waals surface area contributed by atoms with Crippen molar-refractivity contribution >= 4 is 16.9 Å². The van der Waals surface area contributed by atoms with Crippen LogP contribution in [-0.4, -0.2) is 27.5 Å². The number of thiol groups is 1. The summed E-state index contributed by atoms with van der Waals surface area (Å²) >= 11 is 0. The highest BCUT2D eigenvalue weighted by atomic mass is 32.2. The highest BCUT2D eigenvalue weighted by Crippen LogP contribution is 1.90. The Morgan fingerprint density at radius 2 is 2.17 bits per heavy atom. The first-order valence-electron chi connectivity index (χ1n) is 3.24. The molecule has 1 N–H and O–H groups in total. The average Bonchev–Trinajstić information content (AvgIpc) is 1.97. The molecule has 0 amide bonds. The summed E-state index contributed by atoms with van der Waals surface area (Å²) < 4.78 is 26.6. The van der Waals surface area contributed by atoms with E-state index in [1.54, 1.807) is 0 Å². The van der Waals surface area contributed by atoms with E-state index in [0.717, 1.165) is 0 Å². The third kappa shape index (κ3) is 5.87. The lowest BCUT2D eigenvalue weighted by atomic mass is 10.4. The zero-order chi connectivity index (χ0) is 9.56. The van der Waals surface area contributed by atoms with Crippen molar-refractivity contribution in [2.75, 3.05) is 13.2 Å². The Balaban J connectivity index is 3.44. The van der Waals surface area contributed by atoms with Gasteiger partial charge in [0.1, 0.15) is 6.61 Å². The minimum atomic E-state index is -2.61. The van der Waals surface area contributed by atoms with Crippen molar-refractivity contribution in [3.8, 4) is 0 Å². The van der Waals surface area contributed by atoms with E-state index in [1.807, 2.05) is 0 Å². The van der Waals surface area contributed by atoms with Crippen LogP contribution in [0.5, 0.6) is 0 Å². The van der Waals surface area contributed by atoms with Crippen LogP contribution >= 0.6 is 0 Å². The minimum absolute atomic E-state index is 0.0228. The number of nitrogens with one attached hydrogen (secondary N) is 1. The first kappa shape index (κ1) is 11.1. The third-order valence-electron chi connectivity index (χ3n) is 0.925. The molecule has 0 aliphatic carbocycles. The molecule has 0 aliphatic rings. The van der Waals surface area contributed by atoms with Crippen molar-refractivity contribution in [3.63, 3.8) is 0 Å². The number of hydrogen-bond donors (Lipinski definition) is 2. The van der Waals surface area contributed by atoms with Gasteiger partial charge in [0.05, 0.1) is 0 Å². The van der Waals surface area contributed by atoms with E-state index in [0.29, 0.717) is 5.57 Å². The van der Waals surface area contributed by atoms with Gasteiger partial charge in [-0.05, 0) is 6.92 Å². The van der Waals surface area contributed by atoms with Gasteiger partial charge in [0.25, 0.3) is 0 Å². The van der Waals surface area contributed by atoms with Crippen LogP contribution < -0.4 is 4.72 Å². The highest BCUT2D eigenvalue weighted by molar-refractivity contribution is 7.70. The Labute approximate surface area is 72.5 Å². The fourth-order valence-corrected chi connectivity index (χ4v) is 0.678. The SMILES string of the molecule is C=C(C)C(=O)OCCN[SH](=O)=O. The maximum atomic E-state index is 10.7. The maximum Gasteiger partial charge on any atom is 0.333 e. The van der Waals surface area contributed by atoms with Crippen LogP contribution in [0.4, 0.5) is 0 Å². The molecule has 0 radical (unpaired) electrons. The van der Waals surface area contributed by atoms with Crippen LogP contribution in [0, 0.1) is 0 Å². The molecule has 0 aliphatic heterocycles. The molecule has 0 unspecified atom stereocenters. The van der Waals surface area contributed by atoms with Crippen molar-refractivity contribution in [2.45, 2.75) is 6.92 Å². The molecule has 0 aromatic heterocycles. The Hall–Kier alpha value is -0.880. The van der Waals surface area contributed by atoms with E-state index >= 15 is 0 Å². The van der Waals surface area contributed by atoms with Gasteiger partial charge in [-0.25, -0.2) is 17.9 Å². The summed E-state index contributed by atoms with van der Waals surface area (Å²) in [6.45, 7) is 4.99. The van der Waals surface area contributed by atoms with Gasteiger partial charge in [0.2, 0.25) is 10.9 Å². The predicted molar refractivity (Wildman–Crippen MR) is 44.1 cm³/mol. The monoisotopic (exact) mass is 193 g/mol. The van der Waals surface area contributed by atoms with Crippen molar-refractivity contribution in [3.05, 3.63) is 12.2 Å². The zero-order valence-corrected chi connectivity index (χ0v) is 7.60. The van der Waals surface area contributed by atoms with Crippen molar-refractivity contribution in [1.82, 2.24) is 4.72 Å². The molecule has 0 bridgehead atoms. The molecular weight excluding hydrogens is 182 g/mol. The zero-order valence-electron chi connectivity index (χ0n) is 6.70. The van der Waals surface area contributed by atoms with E-state index in [2.05, 4.69) is 16.0 Å². The lowest BCUT2D eigenvalue weighted by Gasteiger charge is -2.01. The summed E-state index contributed by atoms with van der Waals surface area (Å²) in [5.41, 5.74) is 0.293. The molecule has 0 aromatic rings. The molecule has 6 heteroatoms. The molecule has 70 valence electrons. The minimum Gasteiger partial charge on any atom is -0.461 e. The van der Waals surface area contributed by atoms with Crippen LogP contribution in [0.1, 0.15) is 6.92 Å². The Kier molecular flexibility index (Phi) is 5.31. The van der Waals surface area contributed by atoms with Gasteiger partial charge >= 0.3 is 5.97 Å². The molecule has 0 heterocycles. The van der Waals surface area contributed by atoms with Gasteiger partial charge < -0.3 is 4.74 Å². The third-order valence-corrected chi connectivity index (χ3v) is 1.41. The average molecular weight is 193 g/mol. The van der Waals surface area contributed by atoms with Gasteiger partial charge in [0.15, 0.2) is 0 Å². The summed E-state index contributed by atoms with van der Waals surface area (Å²) in [5, 5.41) is 0. The van der Waals surface area contributed by atoms with Crippen LogP contribution in [-0.2, 0) is 20.4 Å². The second kappa shape index (κ2) is 5.73. The number of carbonyl (C=O) groups excluding carboxylic acids is 1. The smallest absolute Gasteiger partial charge is 0.333 e. The van der Waals surface area contributed by atoms with Gasteiger partial charge in [0, 0.05) is 12.1 Å². The Morgan fingerprint density at radius 3 is 2.58 bits per heavy atom. The molecule has 0 fully saturated rings. The quantitative estimate of drug-likeness (QED) is 0.260. The topological polar surface area (TPSA) is 72.5 Å². The van der Waals surface area contributed by atoms with E-state index in [9.17, 15) is 13.2 Å².